The number of benzene rings is 6. The molecule has 0 saturated heterocycles. The van der Waals surface area contributed by atoms with Gasteiger partial charge in [-0.15, -0.1) is 0 Å². The topological polar surface area (TPSA) is 15.5 Å². The van der Waals surface area contributed by atoms with Gasteiger partial charge in [-0.3, -0.25) is 0 Å². The Morgan fingerprint density at radius 2 is 0.609 bits per heavy atom. The number of pyridine rings is 4. The predicted molar refractivity (Wildman–Crippen MR) is 413 cm³/mol. The molecule has 12 rings (SSSR count). The lowest BCUT2D eigenvalue weighted by atomic mass is 9.86. The van der Waals surface area contributed by atoms with Gasteiger partial charge in [-0.05, 0) is 188 Å². The second kappa shape index (κ2) is 52.0. The molecule has 10 aromatic rings. The smallest absolute Gasteiger partial charge is 0.201 e. The molecule has 2 aliphatic rings. The van der Waals surface area contributed by atoms with Crippen LogP contribution in [0.15, 0.2) is 195 Å². The molecule has 0 unspecified atom stereocenters. The van der Waals surface area contributed by atoms with Gasteiger partial charge in [-0.25, -0.2) is 18.3 Å². The van der Waals surface area contributed by atoms with Crippen LogP contribution in [0.5, 0.6) is 0 Å². The lowest BCUT2D eigenvalue weighted by Gasteiger charge is -2.19. The molecule has 0 bridgehead atoms. The minimum absolute atomic E-state index is 1.25. The van der Waals surface area contributed by atoms with Crippen LogP contribution in [0.25, 0.3) is 66.6 Å². The van der Waals surface area contributed by atoms with E-state index in [-0.39, 0.29) is 0 Å². The molecule has 4 heterocycles. The van der Waals surface area contributed by atoms with E-state index in [4.69, 9.17) is 0 Å². The van der Waals surface area contributed by atoms with Crippen molar-refractivity contribution in [3.63, 3.8) is 0 Å². The highest BCUT2D eigenvalue weighted by Crippen LogP contribution is 2.33. The predicted octanol–water partition coefficient (Wildman–Crippen LogP) is 24.3. The third-order valence-corrected chi connectivity index (χ3v) is 15.0. The van der Waals surface area contributed by atoms with Gasteiger partial charge in [-0.1, -0.05) is 217 Å². The fourth-order valence-corrected chi connectivity index (χ4v) is 11.0. The lowest BCUT2D eigenvalue weighted by Crippen LogP contribution is -2.30. The van der Waals surface area contributed by atoms with Gasteiger partial charge in [0, 0.05) is 65.2 Å². The van der Waals surface area contributed by atoms with E-state index in [1.54, 1.807) is 22.3 Å². The minimum atomic E-state index is 1.25. The molecule has 0 spiro atoms. The minimum Gasteiger partial charge on any atom is -0.201 e. The first-order valence-electron chi connectivity index (χ1n) is 36.1. The monoisotopic (exact) mass is 1250 g/mol. The fourth-order valence-electron chi connectivity index (χ4n) is 11.0. The van der Waals surface area contributed by atoms with Gasteiger partial charge in [0.15, 0.2) is 24.8 Å². The van der Waals surface area contributed by atoms with Crippen molar-refractivity contribution >= 4 is 21.5 Å². The van der Waals surface area contributed by atoms with E-state index in [2.05, 4.69) is 269 Å². The van der Waals surface area contributed by atoms with E-state index < -0.39 is 0 Å². The van der Waals surface area contributed by atoms with Gasteiger partial charge < -0.3 is 0 Å². The van der Waals surface area contributed by atoms with E-state index in [0.717, 1.165) is 0 Å². The maximum atomic E-state index is 2.42. The van der Waals surface area contributed by atoms with E-state index in [1.807, 2.05) is 138 Å². The average molecular weight is 1250 g/mol. The van der Waals surface area contributed by atoms with Crippen LogP contribution in [-0.4, -0.2) is 0 Å². The average Bonchev–Trinajstić information content (AvgIpc) is 0.952. The van der Waals surface area contributed by atoms with Crippen molar-refractivity contribution in [1.29, 1.82) is 0 Å². The van der Waals surface area contributed by atoms with Gasteiger partial charge in [0.05, 0.1) is 5.56 Å². The normalized spacial score (nSPS) is 10.5. The SMILES string of the molecule is CC.CC.CC.CC.CC.CC.CC.CC.CC.CC.Cc1c(-c2cccc[n+]2C)ccc2c1CCCC2.Cc1cc2c(cc1-c1cccc[n+]1C)CCCC2.Cc1cc2ccccc2cc1-c1cccc[n+]1C.Cc1ccc2ccccc2c1-c1cccc[n+]1C. The molecule has 6 aromatic carbocycles. The summed E-state index contributed by atoms with van der Waals surface area (Å²) in [6, 6.07) is 60.9. The summed E-state index contributed by atoms with van der Waals surface area (Å²) in [6.07, 6.45) is 18.8. The molecule has 0 amide bonds. The van der Waals surface area contributed by atoms with Crippen molar-refractivity contribution in [2.45, 2.75) is 218 Å². The summed E-state index contributed by atoms with van der Waals surface area (Å²) in [7, 11) is 8.42. The molecule has 4 heteroatoms. The Labute approximate surface area is 566 Å². The number of hydrogen-bond donors (Lipinski definition) is 0. The number of hydrogen-bond acceptors (Lipinski definition) is 0. The van der Waals surface area contributed by atoms with E-state index in [9.17, 15) is 0 Å². The zero-order valence-electron chi connectivity index (χ0n) is 63.9. The van der Waals surface area contributed by atoms with Crippen LogP contribution in [0.1, 0.15) is 209 Å². The molecule has 0 atom stereocenters. The van der Waals surface area contributed by atoms with Gasteiger partial charge in [-0.2, -0.15) is 0 Å². The fraction of sp³-hybridized carbons (Fsp3) is 0.409. The summed E-state index contributed by atoms with van der Waals surface area (Å²) in [5, 5.41) is 5.21. The quantitative estimate of drug-likeness (QED) is 0.156. The number of fused-ring (bicyclic) bond motifs is 4. The Morgan fingerprint density at radius 1 is 0.261 bits per heavy atom. The Bertz CT molecular complexity index is 3480. The molecule has 0 fully saturated rings. The molecule has 0 N–H and O–H groups in total. The van der Waals surface area contributed by atoms with Crippen molar-refractivity contribution in [3.8, 4) is 45.0 Å². The van der Waals surface area contributed by atoms with Gasteiger partial charge in [0.2, 0.25) is 22.8 Å². The standard InChI is InChI=1S/C17H20N.C17H16N.C17H20N.C17H16N.10C2H6/c1-13-15-8-4-3-7-14(15)10-11-16(13)17-9-5-6-12-18(17)2;1-13-10-11-14-7-3-4-8-15(14)17(13)16-9-5-6-12-18(16)2;2*1-13-11-14-7-3-4-8-15(14)12-16(13)17-9-5-6-10-18(17)2;10*1-2/h5-6,9-12H,3-4,7-8H2,1-2H3;3-12H,1-2H3;5-6,9-12H,3-4,7-8H2,1-2H3;3-12H,1-2H3;10*1-2H3/q4*+1;;;;;;;;;;. The van der Waals surface area contributed by atoms with Gasteiger partial charge in [0.25, 0.3) is 0 Å². The number of aromatic nitrogens is 4. The highest BCUT2D eigenvalue weighted by Gasteiger charge is 2.20. The first-order valence-corrected chi connectivity index (χ1v) is 36.1. The third-order valence-electron chi connectivity index (χ3n) is 15.0. The molecule has 0 saturated carbocycles. The molecular weight excluding hydrogens is 1110 g/mol. The molecule has 0 radical (unpaired) electrons. The molecule has 0 aliphatic heterocycles. The third kappa shape index (κ3) is 25.5. The Balaban J connectivity index is 0. The van der Waals surface area contributed by atoms with Crippen LogP contribution in [0, 0.1) is 27.7 Å². The van der Waals surface area contributed by atoms with E-state index >= 15 is 0 Å². The number of aryl methyl sites for hydroxylation is 10. The second-order valence-corrected chi connectivity index (χ2v) is 20.0. The largest absolute Gasteiger partial charge is 0.213 e. The maximum absolute atomic E-state index is 2.42. The van der Waals surface area contributed by atoms with Crippen LogP contribution in [0.4, 0.5) is 0 Å². The highest BCUT2D eigenvalue weighted by atomic mass is 14.9. The van der Waals surface area contributed by atoms with Crippen molar-refractivity contribution in [2.75, 3.05) is 0 Å². The molecule has 500 valence electrons. The van der Waals surface area contributed by atoms with Gasteiger partial charge >= 0.3 is 0 Å². The maximum Gasteiger partial charge on any atom is 0.213 e. The summed E-state index contributed by atoms with van der Waals surface area (Å²) in [4.78, 5) is 0. The zero-order valence-corrected chi connectivity index (χ0v) is 63.9. The van der Waals surface area contributed by atoms with Gasteiger partial charge in [0.1, 0.15) is 28.2 Å². The van der Waals surface area contributed by atoms with Crippen LogP contribution in [-0.2, 0) is 53.9 Å². The van der Waals surface area contributed by atoms with Crippen molar-refractivity contribution in [1.82, 2.24) is 0 Å². The van der Waals surface area contributed by atoms with E-state index in [0.29, 0.717) is 0 Å². The van der Waals surface area contributed by atoms with Crippen LogP contribution >= 0.6 is 0 Å². The van der Waals surface area contributed by atoms with Crippen molar-refractivity contribution < 1.29 is 18.3 Å². The number of nitrogens with zero attached hydrogens (tertiary/aromatic N) is 4. The summed E-state index contributed by atoms with van der Waals surface area (Å²) in [5.74, 6) is 0. The number of rotatable bonds is 4. The Hall–Kier alpha value is -7.56. The Kier molecular flexibility index (Phi) is 48.9. The van der Waals surface area contributed by atoms with Crippen LogP contribution in [0.2, 0.25) is 0 Å². The summed E-state index contributed by atoms with van der Waals surface area (Å²) in [5.41, 5.74) is 22.3. The zero-order chi connectivity index (χ0) is 70.1. The van der Waals surface area contributed by atoms with E-state index in [1.165, 1.54) is 140 Å². The highest BCUT2D eigenvalue weighted by molar-refractivity contribution is 5.96. The van der Waals surface area contributed by atoms with Crippen LogP contribution in [0.3, 0.4) is 0 Å². The van der Waals surface area contributed by atoms with Crippen LogP contribution < -0.4 is 18.3 Å². The lowest BCUT2D eigenvalue weighted by molar-refractivity contribution is -0.660. The second-order valence-electron chi connectivity index (χ2n) is 20.0. The first kappa shape index (κ1) is 86.5. The molecule has 4 aromatic heterocycles. The summed E-state index contributed by atoms with van der Waals surface area (Å²) < 4.78 is 8.75. The Morgan fingerprint density at radius 3 is 1.07 bits per heavy atom. The summed E-state index contributed by atoms with van der Waals surface area (Å²) in [6.45, 7) is 48.9. The first-order chi connectivity index (χ1) is 45.0. The van der Waals surface area contributed by atoms with Crippen molar-refractivity contribution in [3.05, 3.63) is 239 Å². The molecular formula is C88H132N4+4. The molecule has 92 heavy (non-hydrogen) atoms. The molecule has 2 aliphatic carbocycles. The van der Waals surface area contributed by atoms with Crippen molar-refractivity contribution in [2.24, 2.45) is 28.2 Å². The molecule has 4 nitrogen and oxygen atoms in total. The summed E-state index contributed by atoms with van der Waals surface area (Å²) >= 11 is 0.